The first-order chi connectivity index (χ1) is 10.1. The van der Waals surface area contributed by atoms with E-state index in [0.29, 0.717) is 0 Å². The average Bonchev–Trinajstić information content (AvgIpc) is 2.46. The summed E-state index contributed by atoms with van der Waals surface area (Å²) in [7, 11) is 1.75. The highest BCUT2D eigenvalue weighted by atomic mass is 16.5. The Hall–Kier alpha value is -1.80. The number of aryl methyl sites for hydroxylation is 3. The van der Waals surface area contributed by atoms with Gasteiger partial charge in [0.15, 0.2) is 0 Å². The molecule has 0 atom stereocenters. The van der Waals surface area contributed by atoms with Crippen molar-refractivity contribution >= 4 is 0 Å². The van der Waals surface area contributed by atoms with Crippen LogP contribution in [0.2, 0.25) is 0 Å². The van der Waals surface area contributed by atoms with E-state index in [0.717, 1.165) is 18.8 Å². The molecule has 0 saturated heterocycles. The maximum absolute atomic E-state index is 5.62. The predicted molar refractivity (Wildman–Crippen MR) is 90.0 cm³/mol. The third-order valence-electron chi connectivity index (χ3n) is 3.81. The van der Waals surface area contributed by atoms with E-state index in [2.05, 4.69) is 63.3 Å². The Labute approximate surface area is 128 Å². The van der Waals surface area contributed by atoms with E-state index in [-0.39, 0.29) is 0 Å². The second-order valence-electron chi connectivity index (χ2n) is 5.59. The summed E-state index contributed by atoms with van der Waals surface area (Å²) in [5, 5.41) is 3.38. The van der Waals surface area contributed by atoms with E-state index < -0.39 is 0 Å². The molecule has 2 aromatic carbocycles. The molecule has 0 saturated carbocycles. The van der Waals surface area contributed by atoms with Gasteiger partial charge in [-0.3, -0.25) is 0 Å². The Balaban J connectivity index is 2.55. The Morgan fingerprint density at radius 1 is 1.00 bits per heavy atom. The van der Waals surface area contributed by atoms with Gasteiger partial charge in [-0.2, -0.15) is 0 Å². The van der Waals surface area contributed by atoms with Crippen molar-refractivity contribution in [2.24, 2.45) is 0 Å². The second kappa shape index (κ2) is 6.77. The summed E-state index contributed by atoms with van der Waals surface area (Å²) < 4.78 is 5.62. The molecule has 0 unspecified atom stereocenters. The molecule has 21 heavy (non-hydrogen) atoms. The van der Waals surface area contributed by atoms with Gasteiger partial charge >= 0.3 is 0 Å². The molecule has 0 aromatic heterocycles. The number of benzene rings is 2. The molecule has 1 N–H and O–H groups in total. The van der Waals surface area contributed by atoms with E-state index >= 15 is 0 Å². The summed E-state index contributed by atoms with van der Waals surface area (Å²) in [6.07, 6.45) is 0. The Bertz CT molecular complexity index is 632. The fraction of sp³-hybridized carbons (Fsp3) is 0.368. The first-order valence-corrected chi connectivity index (χ1v) is 7.52. The van der Waals surface area contributed by atoms with Gasteiger partial charge in [0.25, 0.3) is 0 Å². The van der Waals surface area contributed by atoms with Crippen LogP contribution in [-0.2, 0) is 6.54 Å². The van der Waals surface area contributed by atoms with Crippen molar-refractivity contribution in [3.63, 3.8) is 0 Å². The molecule has 0 fully saturated rings. The van der Waals surface area contributed by atoms with Crippen molar-refractivity contribution in [3.8, 4) is 16.9 Å². The largest absolute Gasteiger partial charge is 0.496 e. The van der Waals surface area contributed by atoms with E-state index in [1.807, 2.05) is 0 Å². The summed E-state index contributed by atoms with van der Waals surface area (Å²) in [4.78, 5) is 0. The molecule has 0 aliphatic carbocycles. The van der Waals surface area contributed by atoms with E-state index in [4.69, 9.17) is 4.74 Å². The van der Waals surface area contributed by atoms with Crippen LogP contribution in [0.3, 0.4) is 0 Å². The molecule has 2 rings (SSSR count). The predicted octanol–water partition coefficient (Wildman–Crippen LogP) is 4.40. The quantitative estimate of drug-likeness (QED) is 0.878. The minimum atomic E-state index is 0.900. The van der Waals surface area contributed by atoms with Gasteiger partial charge in [-0.25, -0.2) is 0 Å². The zero-order valence-electron chi connectivity index (χ0n) is 13.7. The van der Waals surface area contributed by atoms with Crippen molar-refractivity contribution in [1.29, 1.82) is 0 Å². The van der Waals surface area contributed by atoms with Crippen LogP contribution < -0.4 is 10.1 Å². The SMILES string of the molecule is CCNCc1ccc(C)c(-c2c(C)cc(C)cc2OC)c1. The van der Waals surface area contributed by atoms with Crippen LogP contribution in [-0.4, -0.2) is 13.7 Å². The third kappa shape index (κ3) is 3.45. The Morgan fingerprint density at radius 2 is 1.76 bits per heavy atom. The average molecular weight is 283 g/mol. The highest BCUT2D eigenvalue weighted by Gasteiger charge is 2.13. The maximum Gasteiger partial charge on any atom is 0.127 e. The summed E-state index contributed by atoms with van der Waals surface area (Å²) >= 11 is 0. The lowest BCUT2D eigenvalue weighted by molar-refractivity contribution is 0.416. The normalized spacial score (nSPS) is 10.7. The molecule has 0 aliphatic rings. The lowest BCUT2D eigenvalue weighted by Gasteiger charge is -2.16. The van der Waals surface area contributed by atoms with Gasteiger partial charge < -0.3 is 10.1 Å². The van der Waals surface area contributed by atoms with E-state index in [9.17, 15) is 0 Å². The van der Waals surface area contributed by atoms with Crippen molar-refractivity contribution in [3.05, 3.63) is 52.6 Å². The molecular weight excluding hydrogens is 258 g/mol. The van der Waals surface area contributed by atoms with E-state index in [1.54, 1.807) is 7.11 Å². The first-order valence-electron chi connectivity index (χ1n) is 7.52. The van der Waals surface area contributed by atoms with Crippen LogP contribution in [0.1, 0.15) is 29.2 Å². The van der Waals surface area contributed by atoms with Crippen LogP contribution in [0.5, 0.6) is 5.75 Å². The molecule has 0 aliphatic heterocycles. The minimum absolute atomic E-state index is 0.900. The monoisotopic (exact) mass is 283 g/mol. The van der Waals surface area contributed by atoms with Gasteiger partial charge in [0.05, 0.1) is 7.11 Å². The fourth-order valence-corrected chi connectivity index (χ4v) is 2.75. The highest BCUT2D eigenvalue weighted by molar-refractivity contribution is 5.77. The first kappa shape index (κ1) is 15.6. The second-order valence-corrected chi connectivity index (χ2v) is 5.59. The minimum Gasteiger partial charge on any atom is -0.496 e. The van der Waals surface area contributed by atoms with Crippen molar-refractivity contribution in [1.82, 2.24) is 5.32 Å². The molecule has 0 heterocycles. The van der Waals surface area contributed by atoms with Gasteiger partial charge in [-0.1, -0.05) is 25.1 Å². The molecule has 0 amide bonds. The standard InChI is InChI=1S/C19H25NO/c1-6-20-12-16-8-7-14(3)17(11-16)19-15(4)9-13(2)10-18(19)21-5/h7-11,20H,6,12H2,1-5H3. The molecule has 2 aromatic rings. The summed E-state index contributed by atoms with van der Waals surface area (Å²) in [5.41, 5.74) is 7.55. The number of rotatable bonds is 5. The number of ether oxygens (including phenoxy) is 1. The van der Waals surface area contributed by atoms with Gasteiger partial charge in [0.2, 0.25) is 0 Å². The molecule has 0 bridgehead atoms. The van der Waals surface area contributed by atoms with Gasteiger partial charge in [0, 0.05) is 12.1 Å². The number of hydrogen-bond donors (Lipinski definition) is 1. The van der Waals surface area contributed by atoms with Crippen LogP contribution >= 0.6 is 0 Å². The molecule has 112 valence electrons. The Kier molecular flexibility index (Phi) is 5.03. The van der Waals surface area contributed by atoms with Crippen LogP contribution in [0.15, 0.2) is 30.3 Å². The zero-order chi connectivity index (χ0) is 15.4. The molecule has 0 radical (unpaired) electrons. The summed E-state index contributed by atoms with van der Waals surface area (Å²) in [6.45, 7) is 10.4. The maximum atomic E-state index is 5.62. The fourth-order valence-electron chi connectivity index (χ4n) is 2.75. The van der Waals surface area contributed by atoms with Crippen LogP contribution in [0.25, 0.3) is 11.1 Å². The number of hydrogen-bond acceptors (Lipinski definition) is 2. The van der Waals surface area contributed by atoms with Crippen LogP contribution in [0, 0.1) is 20.8 Å². The molecule has 2 nitrogen and oxygen atoms in total. The zero-order valence-corrected chi connectivity index (χ0v) is 13.7. The van der Waals surface area contributed by atoms with Gasteiger partial charge in [-0.15, -0.1) is 0 Å². The summed E-state index contributed by atoms with van der Waals surface area (Å²) in [6, 6.07) is 11.0. The van der Waals surface area contributed by atoms with Gasteiger partial charge in [-0.05, 0) is 67.3 Å². The van der Waals surface area contributed by atoms with Crippen molar-refractivity contribution in [2.45, 2.75) is 34.2 Å². The lowest BCUT2D eigenvalue weighted by Crippen LogP contribution is -2.11. The summed E-state index contributed by atoms with van der Waals surface area (Å²) in [5.74, 6) is 0.955. The Morgan fingerprint density at radius 3 is 2.43 bits per heavy atom. The van der Waals surface area contributed by atoms with Crippen molar-refractivity contribution < 1.29 is 4.74 Å². The highest BCUT2D eigenvalue weighted by Crippen LogP contribution is 2.36. The topological polar surface area (TPSA) is 21.3 Å². The van der Waals surface area contributed by atoms with E-state index in [1.165, 1.54) is 33.4 Å². The molecule has 0 spiro atoms. The number of nitrogens with one attached hydrogen (secondary N) is 1. The van der Waals surface area contributed by atoms with Gasteiger partial charge in [0.1, 0.15) is 5.75 Å². The smallest absolute Gasteiger partial charge is 0.127 e. The number of methoxy groups -OCH3 is 1. The molecule has 2 heteroatoms. The third-order valence-corrected chi connectivity index (χ3v) is 3.81. The molecular formula is C19H25NO. The van der Waals surface area contributed by atoms with Crippen molar-refractivity contribution in [2.75, 3.05) is 13.7 Å². The lowest BCUT2D eigenvalue weighted by atomic mass is 9.93. The van der Waals surface area contributed by atoms with Crippen LogP contribution in [0.4, 0.5) is 0 Å².